The zero-order chi connectivity index (χ0) is 35.7. The second-order valence-corrected chi connectivity index (χ2v) is 17.5. The lowest BCUT2D eigenvalue weighted by atomic mass is 9.72. The molecular formula is C36H37N4O8S2+. The Morgan fingerprint density at radius 1 is 0.840 bits per heavy atom. The molecule has 2 atom stereocenters. The minimum atomic E-state index is -4.42. The van der Waals surface area contributed by atoms with Crippen molar-refractivity contribution in [2.24, 2.45) is 0 Å². The van der Waals surface area contributed by atoms with Crippen LogP contribution in [-0.2, 0) is 31.1 Å². The van der Waals surface area contributed by atoms with E-state index in [1.165, 1.54) is 12.1 Å². The van der Waals surface area contributed by atoms with Crippen LogP contribution in [-0.4, -0.2) is 77.5 Å². The summed E-state index contributed by atoms with van der Waals surface area (Å²) in [4.78, 5) is 13.5. The third-order valence-corrected chi connectivity index (χ3v) is 12.8. The molecule has 5 aliphatic heterocycles. The monoisotopic (exact) mass is 717 g/mol. The minimum Gasteiger partial charge on any atom is -0.478 e. The van der Waals surface area contributed by atoms with Gasteiger partial charge in [0, 0.05) is 52.7 Å². The van der Waals surface area contributed by atoms with Gasteiger partial charge in [-0.05, 0) is 92.1 Å². The fraction of sp³-hybridized carbons (Fsp3) is 0.333. The number of fused-ring (bicyclic) bond motifs is 8. The van der Waals surface area contributed by atoms with E-state index in [4.69, 9.17) is 0 Å². The molecule has 0 saturated carbocycles. The van der Waals surface area contributed by atoms with Crippen molar-refractivity contribution in [1.82, 2.24) is 5.01 Å². The first kappa shape index (κ1) is 32.8. The van der Waals surface area contributed by atoms with Crippen molar-refractivity contribution in [2.75, 3.05) is 23.4 Å². The highest BCUT2D eigenvalue weighted by atomic mass is 32.2. The molecule has 3 aromatic carbocycles. The van der Waals surface area contributed by atoms with Crippen LogP contribution >= 0.6 is 0 Å². The molecule has 0 saturated heterocycles. The molecule has 2 unspecified atom stereocenters. The molecule has 0 aromatic heterocycles. The number of aromatic carboxylic acids is 1. The Balaban J connectivity index is 1.33. The summed E-state index contributed by atoms with van der Waals surface area (Å²) >= 11 is 0. The maximum atomic E-state index is 12.2. The summed E-state index contributed by atoms with van der Waals surface area (Å²) in [7, 11) is -8.85. The average molecular weight is 718 g/mol. The van der Waals surface area contributed by atoms with Gasteiger partial charge in [-0.2, -0.15) is 21.4 Å². The molecular weight excluding hydrogens is 681 g/mol. The standard InChI is InChI=1S/C36H36N4O8S2/c1-35(2)26-17-22(49(43,44)45)9-11-30(26)38-15-13-28-24(32(35)38)19-25-29(40(28)37-21-7-5-20(6-8-21)34(41)42)14-16-39-31-12-10-23(50(46,47)48)18-27(31)36(3,4)33(25)39/h5-12,17-19,28-29,37H,13-16H2,1-4H3,(H2-,41,42,43,44,45,46,47,48)/p+1. The highest BCUT2D eigenvalue weighted by Crippen LogP contribution is 2.55. The molecule has 4 N–H and O–H groups in total. The zero-order valence-corrected chi connectivity index (χ0v) is 29.5. The fourth-order valence-corrected chi connectivity index (χ4v) is 9.92. The van der Waals surface area contributed by atoms with Crippen molar-refractivity contribution in [1.29, 1.82) is 0 Å². The summed E-state index contributed by atoms with van der Waals surface area (Å²) in [6, 6.07) is 15.9. The summed E-state index contributed by atoms with van der Waals surface area (Å²) in [5.74, 6) is -1.01. The second-order valence-electron chi connectivity index (χ2n) is 14.6. The summed E-state index contributed by atoms with van der Waals surface area (Å²) in [6.45, 7) is 9.56. The molecule has 50 heavy (non-hydrogen) atoms. The Kier molecular flexibility index (Phi) is 6.96. The average Bonchev–Trinajstić information content (AvgIpc) is 3.43. The molecule has 260 valence electrons. The van der Waals surface area contributed by atoms with E-state index < -0.39 is 37.0 Å². The number of benzene rings is 3. The molecule has 8 rings (SSSR count). The van der Waals surface area contributed by atoms with Gasteiger partial charge >= 0.3 is 5.97 Å². The van der Waals surface area contributed by atoms with Gasteiger partial charge in [0.15, 0.2) is 12.3 Å². The van der Waals surface area contributed by atoms with Crippen LogP contribution in [0.5, 0.6) is 0 Å². The van der Waals surface area contributed by atoms with Crippen LogP contribution in [0.25, 0.3) is 0 Å². The van der Waals surface area contributed by atoms with Gasteiger partial charge in [0.25, 0.3) is 20.2 Å². The quantitative estimate of drug-likeness (QED) is 0.204. The molecule has 0 bridgehead atoms. The normalized spacial score (nSPS) is 23.3. The second kappa shape index (κ2) is 10.6. The van der Waals surface area contributed by atoms with Gasteiger partial charge in [-0.1, -0.05) is 13.8 Å². The van der Waals surface area contributed by atoms with Crippen LogP contribution in [0.2, 0.25) is 0 Å². The number of hydrogen-bond acceptors (Lipinski definition) is 8. The third-order valence-electron chi connectivity index (χ3n) is 11.1. The number of hydrogen-bond donors (Lipinski definition) is 4. The van der Waals surface area contributed by atoms with Gasteiger partial charge in [-0.25, -0.2) is 9.80 Å². The lowest BCUT2D eigenvalue weighted by Gasteiger charge is -2.49. The topological polar surface area (TPSA) is 168 Å². The maximum Gasteiger partial charge on any atom is 0.335 e. The van der Waals surface area contributed by atoms with E-state index in [0.717, 1.165) is 63.6 Å². The molecule has 3 aromatic rings. The van der Waals surface area contributed by atoms with E-state index in [0.29, 0.717) is 13.1 Å². The minimum absolute atomic E-state index is 0.103. The number of nitrogens with one attached hydrogen (secondary N) is 1. The van der Waals surface area contributed by atoms with Crippen molar-refractivity contribution in [3.8, 4) is 0 Å². The van der Waals surface area contributed by atoms with E-state index in [-0.39, 0.29) is 27.4 Å². The predicted octanol–water partition coefficient (Wildman–Crippen LogP) is 5.12. The number of carbonyl (C=O) groups is 1. The Morgan fingerprint density at radius 2 is 1.48 bits per heavy atom. The summed E-state index contributed by atoms with van der Waals surface area (Å²) in [5, 5.41) is 11.8. The van der Waals surface area contributed by atoms with Gasteiger partial charge in [-0.3, -0.25) is 9.11 Å². The largest absolute Gasteiger partial charge is 0.478 e. The fourth-order valence-electron chi connectivity index (χ4n) is 8.91. The Hall–Kier alpha value is -4.34. The Labute approximate surface area is 290 Å². The first-order valence-electron chi connectivity index (χ1n) is 16.4. The summed E-state index contributed by atoms with van der Waals surface area (Å²) in [5.41, 5.74) is 10.8. The highest BCUT2D eigenvalue weighted by molar-refractivity contribution is 7.86. The Morgan fingerprint density at radius 3 is 2.12 bits per heavy atom. The van der Waals surface area contributed by atoms with Crippen molar-refractivity contribution in [3.05, 3.63) is 100 Å². The zero-order valence-electron chi connectivity index (χ0n) is 27.9. The van der Waals surface area contributed by atoms with E-state index >= 15 is 0 Å². The van der Waals surface area contributed by atoms with Crippen LogP contribution in [0.4, 0.5) is 17.1 Å². The number of carboxylic acid groups (broad SMARTS) is 1. The van der Waals surface area contributed by atoms with E-state index in [1.54, 1.807) is 48.5 Å². The smallest absolute Gasteiger partial charge is 0.335 e. The van der Waals surface area contributed by atoms with Crippen LogP contribution in [0.1, 0.15) is 62.0 Å². The first-order valence-corrected chi connectivity index (χ1v) is 19.3. The number of carboxylic acids is 1. The van der Waals surface area contributed by atoms with Crippen molar-refractivity contribution >= 4 is 49.0 Å². The van der Waals surface area contributed by atoms with Crippen LogP contribution in [0.15, 0.2) is 93.4 Å². The van der Waals surface area contributed by atoms with Crippen LogP contribution < -0.4 is 10.3 Å². The van der Waals surface area contributed by atoms with Crippen molar-refractivity contribution in [3.63, 3.8) is 0 Å². The lowest BCUT2D eigenvalue weighted by molar-refractivity contribution is -0.443. The van der Waals surface area contributed by atoms with E-state index in [2.05, 4.69) is 53.7 Å². The number of rotatable bonds is 5. The molecule has 0 radical (unpaired) electrons. The Bertz CT molecular complexity index is 2360. The molecule has 14 heteroatoms. The SMILES string of the molecule is CC1(C)C2=C3C=C4C5=[N+](CCC4N(Nc4ccc(C(=O)O)cc4)C3CCN2c2ccc(S(=O)(=O)O)cc21)c1ccc(S(=O)(=O)O)cc1C5(C)C. The van der Waals surface area contributed by atoms with Crippen molar-refractivity contribution in [2.45, 2.75) is 73.2 Å². The molecule has 0 fully saturated rings. The van der Waals surface area contributed by atoms with Gasteiger partial charge in [0.05, 0.1) is 32.9 Å². The predicted molar refractivity (Wildman–Crippen MR) is 186 cm³/mol. The highest BCUT2D eigenvalue weighted by Gasteiger charge is 2.56. The van der Waals surface area contributed by atoms with Gasteiger partial charge in [0.2, 0.25) is 5.69 Å². The third kappa shape index (κ3) is 4.73. The van der Waals surface area contributed by atoms with Gasteiger partial charge in [0.1, 0.15) is 0 Å². The number of nitrogens with zero attached hydrogens (tertiary/aromatic N) is 3. The molecule has 12 nitrogen and oxygen atoms in total. The van der Waals surface area contributed by atoms with E-state index in [1.807, 2.05) is 0 Å². The van der Waals surface area contributed by atoms with Gasteiger partial charge in [-0.15, -0.1) is 0 Å². The van der Waals surface area contributed by atoms with E-state index in [9.17, 15) is 35.8 Å². The van der Waals surface area contributed by atoms with Crippen molar-refractivity contribution < 1.29 is 40.4 Å². The molecule has 5 aliphatic rings. The lowest BCUT2D eigenvalue weighted by Crippen LogP contribution is -2.58. The first-order chi connectivity index (χ1) is 23.4. The molecule has 0 amide bonds. The maximum absolute atomic E-state index is 12.2. The summed E-state index contributed by atoms with van der Waals surface area (Å²) < 4.78 is 70.7. The number of anilines is 2. The number of hydrazine groups is 1. The molecule has 5 heterocycles. The van der Waals surface area contributed by atoms with Gasteiger partial charge < -0.3 is 15.4 Å². The van der Waals surface area contributed by atoms with Crippen LogP contribution in [0.3, 0.4) is 0 Å². The molecule has 0 spiro atoms. The van der Waals surface area contributed by atoms with Crippen LogP contribution in [0, 0.1) is 0 Å². The number of allylic oxidation sites excluding steroid dienone is 1. The summed E-state index contributed by atoms with van der Waals surface area (Å²) in [6.07, 6.45) is 3.73. The molecule has 0 aliphatic carbocycles.